The fourth-order valence-corrected chi connectivity index (χ4v) is 1.66. The minimum atomic E-state index is -0.296. The molecule has 2 N–H and O–H groups in total. The summed E-state index contributed by atoms with van der Waals surface area (Å²) in [7, 11) is 3.16. The van der Waals surface area contributed by atoms with Crippen molar-refractivity contribution in [2.24, 2.45) is 0 Å². The van der Waals surface area contributed by atoms with E-state index in [0.29, 0.717) is 19.7 Å². The van der Waals surface area contributed by atoms with Gasteiger partial charge in [0.1, 0.15) is 5.82 Å². The van der Waals surface area contributed by atoms with Gasteiger partial charge >= 0.3 is 0 Å². The van der Waals surface area contributed by atoms with Crippen LogP contribution in [-0.2, 0) is 14.3 Å². The van der Waals surface area contributed by atoms with Crippen molar-refractivity contribution >= 4 is 18.3 Å². The summed E-state index contributed by atoms with van der Waals surface area (Å²) in [5.74, 6) is -0.416. The van der Waals surface area contributed by atoms with E-state index in [1.54, 1.807) is 26.4 Å². The summed E-state index contributed by atoms with van der Waals surface area (Å²) in [4.78, 5) is 11.6. The third kappa shape index (κ3) is 7.96. The molecule has 1 rings (SSSR count). The molecule has 0 bridgehead atoms. The molecule has 0 aliphatic rings. The van der Waals surface area contributed by atoms with Crippen LogP contribution in [0.1, 0.15) is 11.7 Å². The Labute approximate surface area is 130 Å². The average Bonchev–Trinajstić information content (AvgIpc) is 2.46. The van der Waals surface area contributed by atoms with Gasteiger partial charge in [0.15, 0.2) is 0 Å². The van der Waals surface area contributed by atoms with E-state index in [9.17, 15) is 9.18 Å². The van der Waals surface area contributed by atoms with Gasteiger partial charge in [-0.05, 0) is 17.7 Å². The lowest BCUT2D eigenvalue weighted by molar-refractivity contribution is -0.120. The van der Waals surface area contributed by atoms with Gasteiger partial charge in [-0.15, -0.1) is 12.4 Å². The number of ether oxygens (including phenoxy) is 2. The van der Waals surface area contributed by atoms with Crippen molar-refractivity contribution in [3.05, 3.63) is 35.6 Å². The molecule has 0 fully saturated rings. The van der Waals surface area contributed by atoms with Crippen LogP contribution in [0, 0.1) is 5.82 Å². The third-order valence-corrected chi connectivity index (χ3v) is 2.78. The SMILES string of the molecule is COCCNCC(=O)NCC(OC)c1ccc(F)cc1.Cl. The second kappa shape index (κ2) is 11.4. The fourth-order valence-electron chi connectivity index (χ4n) is 1.66. The Morgan fingerprint density at radius 3 is 2.52 bits per heavy atom. The summed E-state index contributed by atoms with van der Waals surface area (Å²) in [5, 5.41) is 5.71. The number of methoxy groups -OCH3 is 2. The first-order valence-electron chi connectivity index (χ1n) is 6.42. The predicted octanol–water partition coefficient (Wildman–Crippen LogP) is 1.29. The standard InChI is InChI=1S/C14H21FN2O3.ClH/c1-19-8-7-16-10-14(18)17-9-13(20-2)11-3-5-12(15)6-4-11;/h3-6,13,16H,7-10H2,1-2H3,(H,17,18);1H. The normalized spacial score (nSPS) is 11.6. The second-order valence-electron chi connectivity index (χ2n) is 4.25. The van der Waals surface area contributed by atoms with Crippen molar-refractivity contribution in [1.29, 1.82) is 0 Å². The van der Waals surface area contributed by atoms with E-state index < -0.39 is 0 Å². The lowest BCUT2D eigenvalue weighted by Crippen LogP contribution is -2.37. The number of hydrogen-bond donors (Lipinski definition) is 2. The molecule has 5 nitrogen and oxygen atoms in total. The summed E-state index contributed by atoms with van der Waals surface area (Å²) in [6.07, 6.45) is -0.293. The van der Waals surface area contributed by atoms with Gasteiger partial charge in [0, 0.05) is 27.3 Å². The molecule has 0 saturated carbocycles. The first-order chi connectivity index (χ1) is 9.67. The largest absolute Gasteiger partial charge is 0.383 e. The van der Waals surface area contributed by atoms with Gasteiger partial charge in [-0.3, -0.25) is 4.79 Å². The zero-order valence-corrected chi connectivity index (χ0v) is 13.0. The van der Waals surface area contributed by atoms with E-state index >= 15 is 0 Å². The van der Waals surface area contributed by atoms with Crippen LogP contribution in [0.5, 0.6) is 0 Å². The van der Waals surface area contributed by atoms with Crippen LogP contribution in [0.4, 0.5) is 4.39 Å². The molecular weight excluding hydrogens is 299 g/mol. The molecule has 1 amide bonds. The molecule has 21 heavy (non-hydrogen) atoms. The molecule has 120 valence electrons. The maximum atomic E-state index is 12.8. The Balaban J connectivity index is 0.00000400. The van der Waals surface area contributed by atoms with Crippen LogP contribution in [0.25, 0.3) is 0 Å². The highest BCUT2D eigenvalue weighted by molar-refractivity contribution is 5.85. The molecule has 0 radical (unpaired) electrons. The van der Waals surface area contributed by atoms with Gasteiger partial charge < -0.3 is 20.1 Å². The lowest BCUT2D eigenvalue weighted by atomic mass is 10.1. The van der Waals surface area contributed by atoms with Gasteiger partial charge in [0.25, 0.3) is 0 Å². The Morgan fingerprint density at radius 2 is 1.95 bits per heavy atom. The van der Waals surface area contributed by atoms with Crippen LogP contribution < -0.4 is 10.6 Å². The number of carbonyl (C=O) groups excluding carboxylic acids is 1. The van der Waals surface area contributed by atoms with Crippen molar-refractivity contribution in [2.45, 2.75) is 6.10 Å². The zero-order valence-electron chi connectivity index (χ0n) is 12.2. The number of hydrogen-bond acceptors (Lipinski definition) is 4. The minimum absolute atomic E-state index is 0. The van der Waals surface area contributed by atoms with Crippen molar-refractivity contribution in [3.8, 4) is 0 Å². The van der Waals surface area contributed by atoms with E-state index in [2.05, 4.69) is 10.6 Å². The maximum absolute atomic E-state index is 12.8. The molecule has 1 atom stereocenters. The first kappa shape index (κ1) is 19.8. The van der Waals surface area contributed by atoms with Crippen molar-refractivity contribution in [3.63, 3.8) is 0 Å². The van der Waals surface area contributed by atoms with Crippen LogP contribution in [0.3, 0.4) is 0 Å². The van der Waals surface area contributed by atoms with E-state index in [-0.39, 0.29) is 36.8 Å². The Morgan fingerprint density at radius 1 is 1.29 bits per heavy atom. The van der Waals surface area contributed by atoms with Gasteiger partial charge in [0.05, 0.1) is 19.3 Å². The van der Waals surface area contributed by atoms with Crippen molar-refractivity contribution in [1.82, 2.24) is 10.6 Å². The van der Waals surface area contributed by atoms with Crippen LogP contribution in [0.15, 0.2) is 24.3 Å². The smallest absolute Gasteiger partial charge is 0.234 e. The summed E-state index contributed by atoms with van der Waals surface area (Å²) >= 11 is 0. The molecule has 0 spiro atoms. The van der Waals surface area contributed by atoms with Gasteiger partial charge in [-0.2, -0.15) is 0 Å². The summed E-state index contributed by atoms with van der Waals surface area (Å²) in [6, 6.07) is 6.03. The molecule has 0 aliphatic heterocycles. The van der Waals surface area contributed by atoms with Crippen molar-refractivity contribution < 1.29 is 18.7 Å². The third-order valence-electron chi connectivity index (χ3n) is 2.78. The summed E-state index contributed by atoms with van der Waals surface area (Å²) < 4.78 is 23.0. The molecule has 0 saturated heterocycles. The molecule has 1 aromatic carbocycles. The number of rotatable bonds is 9. The fraction of sp³-hybridized carbons (Fsp3) is 0.500. The lowest BCUT2D eigenvalue weighted by Gasteiger charge is -2.16. The summed E-state index contributed by atoms with van der Waals surface area (Å²) in [5.41, 5.74) is 0.821. The topological polar surface area (TPSA) is 59.6 Å². The van der Waals surface area contributed by atoms with Gasteiger partial charge in [0.2, 0.25) is 5.91 Å². The molecule has 0 heterocycles. The van der Waals surface area contributed by atoms with E-state index in [1.807, 2.05) is 0 Å². The average molecular weight is 321 g/mol. The quantitative estimate of drug-likeness (QED) is 0.673. The highest BCUT2D eigenvalue weighted by Gasteiger charge is 2.11. The van der Waals surface area contributed by atoms with Crippen molar-refractivity contribution in [2.75, 3.05) is 40.5 Å². The Hall–Kier alpha value is -1.21. The maximum Gasteiger partial charge on any atom is 0.234 e. The predicted molar refractivity (Wildman–Crippen MR) is 81.2 cm³/mol. The van der Waals surface area contributed by atoms with E-state index in [1.165, 1.54) is 12.1 Å². The number of nitrogens with one attached hydrogen (secondary N) is 2. The number of carbonyl (C=O) groups is 1. The summed E-state index contributed by atoms with van der Waals surface area (Å²) in [6.45, 7) is 1.75. The monoisotopic (exact) mass is 320 g/mol. The van der Waals surface area contributed by atoms with Crippen LogP contribution >= 0.6 is 12.4 Å². The molecule has 0 aromatic heterocycles. The van der Waals surface area contributed by atoms with Crippen LogP contribution in [-0.4, -0.2) is 46.4 Å². The van der Waals surface area contributed by atoms with E-state index in [4.69, 9.17) is 9.47 Å². The number of benzene rings is 1. The van der Waals surface area contributed by atoms with Crippen LogP contribution in [0.2, 0.25) is 0 Å². The highest BCUT2D eigenvalue weighted by Crippen LogP contribution is 2.15. The Bertz CT molecular complexity index is 404. The van der Waals surface area contributed by atoms with E-state index in [0.717, 1.165) is 5.56 Å². The van der Waals surface area contributed by atoms with Gasteiger partial charge in [-0.1, -0.05) is 12.1 Å². The molecule has 1 aromatic rings. The Kier molecular flexibility index (Phi) is 10.8. The number of amides is 1. The zero-order chi connectivity index (χ0) is 14.8. The molecular formula is C14H22ClFN2O3. The minimum Gasteiger partial charge on any atom is -0.383 e. The number of halogens is 2. The molecule has 0 aliphatic carbocycles. The van der Waals surface area contributed by atoms with Gasteiger partial charge in [-0.25, -0.2) is 4.39 Å². The first-order valence-corrected chi connectivity index (χ1v) is 6.42. The second-order valence-corrected chi connectivity index (χ2v) is 4.25. The highest BCUT2D eigenvalue weighted by atomic mass is 35.5. The molecule has 1 unspecified atom stereocenters. The molecule has 7 heteroatoms.